The van der Waals surface area contributed by atoms with Crippen LogP contribution in [0.25, 0.3) is 0 Å². The zero-order chi connectivity index (χ0) is 26.1. The summed E-state index contributed by atoms with van der Waals surface area (Å²) in [4.78, 5) is 43.2. The number of amides is 3. The number of ether oxygens (including phenoxy) is 2. The number of nitrogens with one attached hydrogen (secondary N) is 3. The van der Waals surface area contributed by atoms with Gasteiger partial charge in [0.15, 0.2) is 0 Å². The predicted molar refractivity (Wildman–Crippen MR) is 127 cm³/mol. The Kier molecular flexibility index (Phi) is 11.3. The Balaban J connectivity index is 2.89. The van der Waals surface area contributed by atoms with E-state index in [-0.39, 0.29) is 24.9 Å². The largest absolute Gasteiger partial charge is 0.497 e. The quantitative estimate of drug-likeness (QED) is 0.333. The van der Waals surface area contributed by atoms with E-state index in [1.165, 1.54) is 21.3 Å². The van der Waals surface area contributed by atoms with Gasteiger partial charge in [0.1, 0.15) is 30.3 Å². The summed E-state index contributed by atoms with van der Waals surface area (Å²) in [5.74, 6) is -1.76. The maximum atomic E-state index is 13.0. The normalized spacial score (nSPS) is 14.1. The molecule has 3 amide bonds. The van der Waals surface area contributed by atoms with Gasteiger partial charge in [-0.15, -0.1) is 0 Å². The van der Waals surface area contributed by atoms with E-state index in [1.807, 2.05) is 34.6 Å². The Bertz CT molecular complexity index is 836. The van der Waals surface area contributed by atoms with Crippen molar-refractivity contribution in [2.45, 2.75) is 59.8 Å². The Hall–Kier alpha value is -2.85. The lowest BCUT2D eigenvalue weighted by Gasteiger charge is -2.32. The van der Waals surface area contributed by atoms with E-state index in [2.05, 4.69) is 16.1 Å². The highest BCUT2D eigenvalue weighted by Gasteiger charge is 2.38. The highest BCUT2D eigenvalue weighted by molar-refractivity contribution is 5.92. The van der Waals surface area contributed by atoms with Gasteiger partial charge in [-0.3, -0.25) is 19.2 Å². The first-order chi connectivity index (χ1) is 15.8. The molecule has 0 aliphatic carbocycles. The number of carbonyl (C=O) groups is 3. The minimum atomic E-state index is -1.68. The van der Waals surface area contributed by atoms with Crippen molar-refractivity contribution in [1.82, 2.24) is 16.1 Å². The zero-order valence-electron chi connectivity index (χ0n) is 21.4. The second-order valence-electron chi connectivity index (χ2n) is 9.54. The molecule has 1 aromatic carbocycles. The van der Waals surface area contributed by atoms with Crippen LogP contribution in [0.2, 0.25) is 0 Å². The lowest BCUT2D eigenvalue weighted by molar-refractivity contribution is -0.151. The van der Waals surface area contributed by atoms with Crippen LogP contribution in [0, 0.1) is 17.3 Å². The molecule has 0 radical (unpaired) electrons. The lowest BCUT2D eigenvalue weighted by Crippen LogP contribution is -2.56. The molecular weight excluding hydrogens is 442 g/mol. The van der Waals surface area contributed by atoms with Crippen LogP contribution in [0.5, 0.6) is 11.5 Å². The molecule has 0 aromatic heterocycles. The summed E-state index contributed by atoms with van der Waals surface area (Å²) in [5, 5.41) is 15.9. The van der Waals surface area contributed by atoms with Crippen LogP contribution in [0.15, 0.2) is 18.2 Å². The summed E-state index contributed by atoms with van der Waals surface area (Å²) in [6.45, 7) is 9.16. The van der Waals surface area contributed by atoms with Crippen molar-refractivity contribution in [3.63, 3.8) is 0 Å². The van der Waals surface area contributed by atoms with Gasteiger partial charge in [-0.25, -0.2) is 5.48 Å². The fourth-order valence-corrected chi connectivity index (χ4v) is 3.36. The van der Waals surface area contributed by atoms with E-state index in [0.717, 1.165) is 0 Å². The number of carbonyl (C=O) groups excluding carboxylic acids is 3. The SMILES string of the molecule is CNC(=O)[C@@H](NC(=O)[C@H](CC(C)C)[C@H](O)C(=O)NOCc1ccc(OC)cc1OC)C(C)(C)C. The molecule has 0 aliphatic heterocycles. The van der Waals surface area contributed by atoms with E-state index < -0.39 is 35.3 Å². The van der Waals surface area contributed by atoms with Crippen molar-refractivity contribution < 1.29 is 33.8 Å². The molecule has 0 heterocycles. The third kappa shape index (κ3) is 8.49. The molecule has 4 N–H and O–H groups in total. The number of methoxy groups -OCH3 is 2. The number of hydrogen-bond acceptors (Lipinski definition) is 7. The van der Waals surface area contributed by atoms with Gasteiger partial charge in [0.2, 0.25) is 11.8 Å². The van der Waals surface area contributed by atoms with Gasteiger partial charge in [0.25, 0.3) is 5.91 Å². The number of likely N-dealkylation sites (N-methyl/N-ethyl adjacent to an activating group) is 1. The van der Waals surface area contributed by atoms with Gasteiger partial charge < -0.3 is 25.2 Å². The molecule has 1 rings (SSSR count). The fraction of sp³-hybridized carbons (Fsp3) is 0.625. The Labute approximate surface area is 201 Å². The molecule has 0 fully saturated rings. The molecule has 0 unspecified atom stereocenters. The maximum absolute atomic E-state index is 13.0. The minimum absolute atomic E-state index is 0.00997. The summed E-state index contributed by atoms with van der Waals surface area (Å²) in [7, 11) is 4.52. The molecule has 0 aliphatic rings. The zero-order valence-corrected chi connectivity index (χ0v) is 21.4. The summed E-state index contributed by atoms with van der Waals surface area (Å²) in [5.41, 5.74) is 2.27. The van der Waals surface area contributed by atoms with E-state index in [9.17, 15) is 19.5 Å². The van der Waals surface area contributed by atoms with Crippen molar-refractivity contribution in [2.24, 2.45) is 17.3 Å². The number of hydroxylamine groups is 1. The predicted octanol–water partition coefficient (Wildman–Crippen LogP) is 1.55. The van der Waals surface area contributed by atoms with Crippen molar-refractivity contribution in [2.75, 3.05) is 21.3 Å². The summed E-state index contributed by atoms with van der Waals surface area (Å²) >= 11 is 0. The molecule has 0 saturated heterocycles. The van der Waals surface area contributed by atoms with Gasteiger partial charge in [-0.1, -0.05) is 34.6 Å². The van der Waals surface area contributed by atoms with Crippen LogP contribution in [0.1, 0.15) is 46.6 Å². The van der Waals surface area contributed by atoms with Crippen LogP contribution in [0.3, 0.4) is 0 Å². The second-order valence-corrected chi connectivity index (χ2v) is 9.54. The molecule has 34 heavy (non-hydrogen) atoms. The Morgan fingerprint density at radius 2 is 1.68 bits per heavy atom. The summed E-state index contributed by atoms with van der Waals surface area (Å²) in [6.07, 6.45) is -1.44. The van der Waals surface area contributed by atoms with E-state index in [0.29, 0.717) is 17.1 Å². The van der Waals surface area contributed by atoms with Crippen LogP contribution >= 0.6 is 0 Å². The van der Waals surface area contributed by atoms with Gasteiger partial charge in [0, 0.05) is 18.7 Å². The van der Waals surface area contributed by atoms with E-state index >= 15 is 0 Å². The first-order valence-electron chi connectivity index (χ1n) is 11.2. The Morgan fingerprint density at radius 3 is 2.18 bits per heavy atom. The molecule has 10 nitrogen and oxygen atoms in total. The fourth-order valence-electron chi connectivity index (χ4n) is 3.36. The first kappa shape index (κ1) is 29.2. The second kappa shape index (κ2) is 13.1. The number of benzene rings is 1. The molecule has 192 valence electrons. The van der Waals surface area contributed by atoms with Crippen LogP contribution in [-0.2, 0) is 25.8 Å². The topological polar surface area (TPSA) is 135 Å². The van der Waals surface area contributed by atoms with Crippen molar-refractivity contribution in [3.05, 3.63) is 23.8 Å². The number of rotatable bonds is 12. The smallest absolute Gasteiger partial charge is 0.273 e. The summed E-state index contributed by atoms with van der Waals surface area (Å²) < 4.78 is 10.4. The van der Waals surface area contributed by atoms with Gasteiger partial charge in [0.05, 0.1) is 20.1 Å². The highest BCUT2D eigenvalue weighted by Crippen LogP contribution is 2.25. The monoisotopic (exact) mass is 481 g/mol. The molecule has 0 bridgehead atoms. The van der Waals surface area contributed by atoms with E-state index in [4.69, 9.17) is 14.3 Å². The molecular formula is C24H39N3O7. The molecule has 0 spiro atoms. The van der Waals surface area contributed by atoms with Crippen LogP contribution in [0.4, 0.5) is 0 Å². The third-order valence-corrected chi connectivity index (χ3v) is 5.27. The number of aliphatic hydroxyl groups excluding tert-OH is 1. The molecule has 10 heteroatoms. The standard InChI is InChI=1S/C24H39N3O7/c1-14(2)11-17(21(29)26-20(23(31)25-6)24(3,4)5)19(28)22(30)27-34-13-15-9-10-16(32-7)12-18(15)33-8/h9-10,12,14,17,19-20,28H,11,13H2,1-8H3,(H,25,31)(H,26,29)(H,27,30)/t17-,19+,20-/m1/s1. The van der Waals surface area contributed by atoms with Crippen LogP contribution < -0.4 is 25.6 Å². The van der Waals surface area contributed by atoms with E-state index in [1.54, 1.807) is 18.2 Å². The number of aliphatic hydroxyl groups is 1. The van der Waals surface area contributed by atoms with Gasteiger partial charge in [-0.05, 0) is 29.9 Å². The van der Waals surface area contributed by atoms with Crippen molar-refractivity contribution in [3.8, 4) is 11.5 Å². The lowest BCUT2D eigenvalue weighted by atomic mass is 9.84. The first-order valence-corrected chi connectivity index (χ1v) is 11.2. The average Bonchev–Trinajstić information content (AvgIpc) is 2.78. The summed E-state index contributed by atoms with van der Waals surface area (Å²) in [6, 6.07) is 4.28. The molecule has 0 saturated carbocycles. The van der Waals surface area contributed by atoms with Crippen molar-refractivity contribution in [1.29, 1.82) is 0 Å². The minimum Gasteiger partial charge on any atom is -0.497 e. The van der Waals surface area contributed by atoms with Crippen molar-refractivity contribution >= 4 is 17.7 Å². The molecule has 1 aromatic rings. The van der Waals surface area contributed by atoms with Gasteiger partial charge >= 0.3 is 0 Å². The van der Waals surface area contributed by atoms with Crippen LogP contribution in [-0.4, -0.2) is 56.2 Å². The average molecular weight is 482 g/mol. The Morgan fingerprint density at radius 1 is 1.03 bits per heavy atom. The molecule has 3 atom stereocenters. The maximum Gasteiger partial charge on any atom is 0.273 e. The third-order valence-electron chi connectivity index (χ3n) is 5.27. The highest BCUT2D eigenvalue weighted by atomic mass is 16.7. The number of hydrogen-bond donors (Lipinski definition) is 4. The van der Waals surface area contributed by atoms with Gasteiger partial charge in [-0.2, -0.15) is 0 Å².